The van der Waals surface area contributed by atoms with E-state index in [0.29, 0.717) is 6.61 Å². The summed E-state index contributed by atoms with van der Waals surface area (Å²) in [5.74, 6) is 0.251. The summed E-state index contributed by atoms with van der Waals surface area (Å²) in [6.45, 7) is 2.34. The van der Waals surface area contributed by atoms with Crippen molar-refractivity contribution in [2.24, 2.45) is 10.9 Å². The Hall–Kier alpha value is -2.04. The van der Waals surface area contributed by atoms with Gasteiger partial charge in [0, 0.05) is 0 Å². The van der Waals surface area contributed by atoms with Crippen LogP contribution in [-0.2, 0) is 9.63 Å². The SMILES string of the molecule is CCOc1ccc(/C=N\OCC(N)=O)cc1. The van der Waals surface area contributed by atoms with Crippen LogP contribution in [0.3, 0.4) is 0 Å². The highest BCUT2D eigenvalue weighted by Gasteiger charge is 1.93. The van der Waals surface area contributed by atoms with Crippen molar-refractivity contribution in [2.75, 3.05) is 13.2 Å². The van der Waals surface area contributed by atoms with E-state index < -0.39 is 5.91 Å². The number of nitrogens with two attached hydrogens (primary N) is 1. The van der Waals surface area contributed by atoms with E-state index in [0.717, 1.165) is 11.3 Å². The molecule has 0 atom stereocenters. The van der Waals surface area contributed by atoms with E-state index in [1.165, 1.54) is 6.21 Å². The Kier molecular flexibility index (Phi) is 4.85. The molecule has 0 saturated heterocycles. The summed E-state index contributed by atoms with van der Waals surface area (Å²) in [5, 5.41) is 3.59. The third kappa shape index (κ3) is 4.45. The fourth-order valence-corrected chi connectivity index (χ4v) is 1.02. The minimum absolute atomic E-state index is 0.215. The average molecular weight is 222 g/mol. The summed E-state index contributed by atoms with van der Waals surface area (Å²) >= 11 is 0. The van der Waals surface area contributed by atoms with Crippen LogP contribution in [0.25, 0.3) is 0 Å². The first-order chi connectivity index (χ1) is 7.72. The van der Waals surface area contributed by atoms with E-state index in [-0.39, 0.29) is 6.61 Å². The molecule has 0 bridgehead atoms. The van der Waals surface area contributed by atoms with Crippen LogP contribution in [0.5, 0.6) is 5.75 Å². The summed E-state index contributed by atoms with van der Waals surface area (Å²) in [6.07, 6.45) is 1.50. The minimum atomic E-state index is -0.552. The molecule has 0 spiro atoms. The normalized spacial score (nSPS) is 10.3. The minimum Gasteiger partial charge on any atom is -0.494 e. The Labute approximate surface area is 93.8 Å². The van der Waals surface area contributed by atoms with Crippen LogP contribution in [0.15, 0.2) is 29.4 Å². The van der Waals surface area contributed by atoms with Crippen LogP contribution in [0.2, 0.25) is 0 Å². The van der Waals surface area contributed by atoms with E-state index >= 15 is 0 Å². The van der Waals surface area contributed by atoms with Crippen LogP contribution < -0.4 is 10.5 Å². The zero-order valence-electron chi connectivity index (χ0n) is 9.05. The number of oxime groups is 1. The van der Waals surface area contributed by atoms with Gasteiger partial charge in [-0.2, -0.15) is 0 Å². The number of amides is 1. The number of carbonyl (C=O) groups is 1. The summed E-state index contributed by atoms with van der Waals surface area (Å²) in [6, 6.07) is 7.34. The van der Waals surface area contributed by atoms with Crippen LogP contribution in [0.4, 0.5) is 0 Å². The van der Waals surface area contributed by atoms with Gasteiger partial charge < -0.3 is 15.3 Å². The summed E-state index contributed by atoms with van der Waals surface area (Å²) in [5.41, 5.74) is 5.73. The quantitative estimate of drug-likeness (QED) is 0.574. The molecule has 0 fully saturated rings. The third-order valence-electron chi connectivity index (χ3n) is 1.67. The average Bonchev–Trinajstić information content (AvgIpc) is 2.27. The molecule has 1 amide bonds. The van der Waals surface area contributed by atoms with Crippen molar-refractivity contribution in [3.63, 3.8) is 0 Å². The highest BCUT2D eigenvalue weighted by atomic mass is 16.6. The molecule has 5 heteroatoms. The van der Waals surface area contributed by atoms with Crippen molar-refractivity contribution < 1.29 is 14.4 Å². The zero-order valence-corrected chi connectivity index (χ0v) is 9.05. The largest absolute Gasteiger partial charge is 0.494 e. The second-order valence-corrected chi connectivity index (χ2v) is 2.98. The number of hydrogen-bond acceptors (Lipinski definition) is 4. The summed E-state index contributed by atoms with van der Waals surface area (Å²) in [7, 11) is 0. The van der Waals surface area contributed by atoms with Crippen molar-refractivity contribution >= 4 is 12.1 Å². The third-order valence-corrected chi connectivity index (χ3v) is 1.67. The highest BCUT2D eigenvalue weighted by molar-refractivity contribution is 5.79. The van der Waals surface area contributed by atoms with Gasteiger partial charge in [-0.25, -0.2) is 0 Å². The van der Waals surface area contributed by atoms with Crippen LogP contribution >= 0.6 is 0 Å². The van der Waals surface area contributed by atoms with Gasteiger partial charge in [-0.3, -0.25) is 4.79 Å². The Morgan fingerprint density at radius 2 is 2.12 bits per heavy atom. The summed E-state index contributed by atoms with van der Waals surface area (Å²) in [4.78, 5) is 15.0. The zero-order chi connectivity index (χ0) is 11.8. The number of ether oxygens (including phenoxy) is 1. The molecule has 0 radical (unpaired) electrons. The number of primary amides is 1. The monoisotopic (exact) mass is 222 g/mol. The van der Waals surface area contributed by atoms with Crippen molar-refractivity contribution in [1.82, 2.24) is 0 Å². The van der Waals surface area contributed by atoms with Crippen molar-refractivity contribution in [3.8, 4) is 5.75 Å². The van der Waals surface area contributed by atoms with Gasteiger partial charge in [0.2, 0.25) is 0 Å². The number of nitrogens with zero attached hydrogens (tertiary/aromatic N) is 1. The lowest BCUT2D eigenvalue weighted by Gasteiger charge is -2.01. The Morgan fingerprint density at radius 3 is 2.69 bits per heavy atom. The second kappa shape index (κ2) is 6.44. The van der Waals surface area contributed by atoms with E-state index in [9.17, 15) is 4.79 Å². The molecule has 0 aromatic heterocycles. The molecule has 86 valence electrons. The molecule has 1 aromatic carbocycles. The standard InChI is InChI=1S/C11H14N2O3/c1-2-15-10-5-3-9(4-6-10)7-13-16-8-11(12)14/h3-7H,2,8H2,1H3,(H2,12,14)/b13-7-. The van der Waals surface area contributed by atoms with Gasteiger partial charge in [0.15, 0.2) is 6.61 Å². The van der Waals surface area contributed by atoms with E-state index in [1.807, 2.05) is 31.2 Å². The molecule has 16 heavy (non-hydrogen) atoms. The lowest BCUT2D eigenvalue weighted by Crippen LogP contribution is -2.16. The van der Waals surface area contributed by atoms with Crippen molar-refractivity contribution in [2.45, 2.75) is 6.92 Å². The van der Waals surface area contributed by atoms with Crippen molar-refractivity contribution in [3.05, 3.63) is 29.8 Å². The molecule has 0 aliphatic rings. The van der Waals surface area contributed by atoms with Crippen LogP contribution in [0, 0.1) is 0 Å². The molecular weight excluding hydrogens is 208 g/mol. The van der Waals surface area contributed by atoms with E-state index in [2.05, 4.69) is 9.99 Å². The van der Waals surface area contributed by atoms with Crippen LogP contribution in [0.1, 0.15) is 12.5 Å². The van der Waals surface area contributed by atoms with Gasteiger partial charge in [-0.05, 0) is 36.8 Å². The Balaban J connectivity index is 2.45. The maximum atomic E-state index is 10.3. The maximum Gasteiger partial charge on any atom is 0.258 e. The first kappa shape index (κ1) is 12.0. The Morgan fingerprint density at radius 1 is 1.44 bits per heavy atom. The number of rotatable bonds is 6. The lowest BCUT2D eigenvalue weighted by atomic mass is 10.2. The molecule has 2 N–H and O–H groups in total. The summed E-state index contributed by atoms with van der Waals surface area (Å²) < 4.78 is 5.28. The van der Waals surface area contributed by atoms with Gasteiger partial charge in [0.05, 0.1) is 12.8 Å². The van der Waals surface area contributed by atoms with Gasteiger partial charge in [0.1, 0.15) is 5.75 Å². The Bertz CT molecular complexity index is 360. The van der Waals surface area contributed by atoms with E-state index in [1.54, 1.807) is 0 Å². The molecule has 0 saturated carbocycles. The first-order valence-corrected chi connectivity index (χ1v) is 4.89. The number of benzene rings is 1. The van der Waals surface area contributed by atoms with Gasteiger partial charge in [0.25, 0.3) is 5.91 Å². The number of hydrogen-bond donors (Lipinski definition) is 1. The van der Waals surface area contributed by atoms with Gasteiger partial charge in [-0.15, -0.1) is 0 Å². The molecule has 5 nitrogen and oxygen atoms in total. The molecule has 1 aromatic rings. The highest BCUT2D eigenvalue weighted by Crippen LogP contribution is 2.10. The first-order valence-electron chi connectivity index (χ1n) is 4.89. The lowest BCUT2D eigenvalue weighted by molar-refractivity contribution is -0.122. The maximum absolute atomic E-state index is 10.3. The fourth-order valence-electron chi connectivity index (χ4n) is 1.02. The molecular formula is C11H14N2O3. The molecule has 0 aliphatic carbocycles. The predicted molar refractivity (Wildman–Crippen MR) is 60.4 cm³/mol. The predicted octanol–water partition coefficient (Wildman–Crippen LogP) is 0.921. The molecule has 1 rings (SSSR count). The van der Waals surface area contributed by atoms with Gasteiger partial charge >= 0.3 is 0 Å². The van der Waals surface area contributed by atoms with Gasteiger partial charge in [-0.1, -0.05) is 5.16 Å². The van der Waals surface area contributed by atoms with Crippen molar-refractivity contribution in [1.29, 1.82) is 0 Å². The molecule has 0 aliphatic heterocycles. The topological polar surface area (TPSA) is 73.9 Å². The molecule has 0 unspecified atom stereocenters. The fraction of sp³-hybridized carbons (Fsp3) is 0.273. The molecule has 0 heterocycles. The van der Waals surface area contributed by atoms with Crippen LogP contribution in [-0.4, -0.2) is 25.3 Å². The number of carbonyl (C=O) groups excluding carboxylic acids is 1. The smallest absolute Gasteiger partial charge is 0.258 e. The van der Waals surface area contributed by atoms with E-state index in [4.69, 9.17) is 10.5 Å². The second-order valence-electron chi connectivity index (χ2n) is 2.98.